The minimum atomic E-state index is -0.263. The predicted octanol–water partition coefficient (Wildman–Crippen LogP) is 4.22. The van der Waals surface area contributed by atoms with Gasteiger partial charge in [-0.15, -0.1) is 0 Å². The molecule has 84 valence electrons. The maximum atomic E-state index is 10.8. The van der Waals surface area contributed by atoms with Crippen molar-refractivity contribution in [2.75, 3.05) is 0 Å². The number of rotatable bonds is 2. The molecule has 0 bridgehead atoms. The van der Waals surface area contributed by atoms with Crippen LogP contribution in [0.2, 0.25) is 0 Å². The van der Waals surface area contributed by atoms with Gasteiger partial charge in [0.25, 0.3) is 0 Å². The van der Waals surface area contributed by atoms with E-state index in [-0.39, 0.29) is 4.83 Å². The predicted molar refractivity (Wildman–Crippen MR) is 71.5 cm³/mol. The highest BCUT2D eigenvalue weighted by Crippen LogP contribution is 2.31. The van der Waals surface area contributed by atoms with Gasteiger partial charge in [0.05, 0.1) is 4.83 Å². The summed E-state index contributed by atoms with van der Waals surface area (Å²) in [6.07, 6.45) is 0.878. The molecule has 0 saturated carbocycles. The van der Waals surface area contributed by atoms with Gasteiger partial charge in [0.2, 0.25) is 0 Å². The normalized spacial score (nSPS) is 13.0. The van der Waals surface area contributed by atoms with Crippen molar-refractivity contribution in [3.63, 3.8) is 0 Å². The fraction of sp³-hybridized carbons (Fsp3) is 0.0714. The minimum absolute atomic E-state index is 0.263. The molecule has 2 nitrogen and oxygen atoms in total. The van der Waals surface area contributed by atoms with Gasteiger partial charge in [-0.2, -0.15) is 0 Å². The van der Waals surface area contributed by atoms with Crippen LogP contribution in [0.1, 0.15) is 10.4 Å². The molecular weight excluding hydrogens is 280 g/mol. The van der Waals surface area contributed by atoms with Crippen LogP contribution >= 0.6 is 15.9 Å². The summed E-state index contributed by atoms with van der Waals surface area (Å²) in [5.41, 5.74) is 2.66. The highest BCUT2D eigenvalue weighted by atomic mass is 79.9. The van der Waals surface area contributed by atoms with Crippen LogP contribution in [0.5, 0.6) is 0 Å². The molecule has 3 aromatic rings. The first-order valence-electron chi connectivity index (χ1n) is 5.30. The second-order valence-electron chi connectivity index (χ2n) is 3.89. The molecule has 0 N–H and O–H groups in total. The molecule has 17 heavy (non-hydrogen) atoms. The monoisotopic (exact) mass is 288 g/mol. The van der Waals surface area contributed by atoms with Crippen molar-refractivity contribution in [1.29, 1.82) is 0 Å². The van der Waals surface area contributed by atoms with E-state index in [1.165, 1.54) is 0 Å². The van der Waals surface area contributed by atoms with Crippen molar-refractivity contribution in [2.24, 2.45) is 0 Å². The Morgan fingerprint density at radius 3 is 2.65 bits per heavy atom. The van der Waals surface area contributed by atoms with E-state index in [4.69, 9.17) is 4.42 Å². The summed E-state index contributed by atoms with van der Waals surface area (Å²) >= 11 is 3.32. The Kier molecular flexibility index (Phi) is 2.48. The van der Waals surface area contributed by atoms with Crippen molar-refractivity contribution in [3.8, 4) is 0 Å². The number of alkyl halides is 1. The molecule has 0 aliphatic carbocycles. The summed E-state index contributed by atoms with van der Waals surface area (Å²) in [5, 5.41) is 2.12. The van der Waals surface area contributed by atoms with Crippen molar-refractivity contribution in [3.05, 3.63) is 48.0 Å². The molecule has 1 aromatic heterocycles. The molecule has 0 fully saturated rings. The maximum absolute atomic E-state index is 10.8. The molecule has 0 aliphatic rings. The number of aldehydes is 1. The average molecular weight is 289 g/mol. The lowest BCUT2D eigenvalue weighted by Gasteiger charge is -2.01. The van der Waals surface area contributed by atoms with Gasteiger partial charge in [0.1, 0.15) is 17.5 Å². The zero-order valence-corrected chi connectivity index (χ0v) is 10.5. The molecular formula is C14H9BrO2. The molecule has 0 aliphatic heterocycles. The molecule has 1 unspecified atom stereocenters. The summed E-state index contributed by atoms with van der Waals surface area (Å²) in [6.45, 7) is 0. The van der Waals surface area contributed by atoms with Crippen LogP contribution in [0.3, 0.4) is 0 Å². The van der Waals surface area contributed by atoms with Crippen molar-refractivity contribution in [2.45, 2.75) is 4.83 Å². The smallest absolute Gasteiger partial charge is 0.138 e. The fourth-order valence-electron chi connectivity index (χ4n) is 1.99. The number of hydrogen-bond acceptors (Lipinski definition) is 2. The van der Waals surface area contributed by atoms with Crippen molar-refractivity contribution < 1.29 is 9.21 Å². The van der Waals surface area contributed by atoms with Crippen LogP contribution < -0.4 is 0 Å². The van der Waals surface area contributed by atoms with E-state index in [9.17, 15) is 4.79 Å². The lowest BCUT2D eigenvalue weighted by molar-refractivity contribution is -0.107. The Hall–Kier alpha value is -1.61. The zero-order chi connectivity index (χ0) is 11.8. The van der Waals surface area contributed by atoms with Crippen LogP contribution in [0.25, 0.3) is 21.9 Å². The molecule has 2 aromatic carbocycles. The van der Waals surface area contributed by atoms with Gasteiger partial charge in [-0.1, -0.05) is 40.2 Å². The summed E-state index contributed by atoms with van der Waals surface area (Å²) in [4.78, 5) is 10.5. The Morgan fingerprint density at radius 1 is 1.06 bits per heavy atom. The summed E-state index contributed by atoms with van der Waals surface area (Å²) in [6, 6.07) is 13.7. The van der Waals surface area contributed by atoms with Crippen LogP contribution in [0.15, 0.2) is 46.9 Å². The number of para-hydroxylation sites is 1. The topological polar surface area (TPSA) is 30.2 Å². The highest BCUT2D eigenvalue weighted by molar-refractivity contribution is 9.09. The van der Waals surface area contributed by atoms with Crippen molar-refractivity contribution in [1.82, 2.24) is 0 Å². The lowest BCUT2D eigenvalue weighted by Crippen LogP contribution is -1.89. The van der Waals surface area contributed by atoms with E-state index in [0.29, 0.717) is 0 Å². The average Bonchev–Trinajstić information content (AvgIpc) is 2.75. The Bertz CT molecular complexity index is 700. The minimum Gasteiger partial charge on any atom is -0.456 e. The quantitative estimate of drug-likeness (QED) is 0.522. The number of carbonyl (C=O) groups is 1. The van der Waals surface area contributed by atoms with Crippen LogP contribution in [-0.4, -0.2) is 6.29 Å². The first-order valence-corrected chi connectivity index (χ1v) is 6.22. The Labute approximate surface area is 106 Å². The maximum Gasteiger partial charge on any atom is 0.138 e. The van der Waals surface area contributed by atoms with E-state index in [0.717, 1.165) is 33.8 Å². The van der Waals surface area contributed by atoms with Gasteiger partial charge in [0.15, 0.2) is 0 Å². The number of benzene rings is 2. The van der Waals surface area contributed by atoms with Gasteiger partial charge in [-0.25, -0.2) is 0 Å². The molecule has 0 spiro atoms. The second-order valence-corrected chi connectivity index (χ2v) is 4.88. The van der Waals surface area contributed by atoms with Gasteiger partial charge in [-0.3, -0.25) is 0 Å². The lowest BCUT2D eigenvalue weighted by atomic mass is 10.1. The number of carbonyl (C=O) groups excluding carboxylic acids is 1. The van der Waals surface area contributed by atoms with Gasteiger partial charge < -0.3 is 9.21 Å². The third-order valence-electron chi connectivity index (χ3n) is 2.84. The summed E-state index contributed by atoms with van der Waals surface area (Å²) < 4.78 is 5.72. The number of halogens is 1. The van der Waals surface area contributed by atoms with Crippen LogP contribution in [-0.2, 0) is 4.79 Å². The number of hydrogen-bond donors (Lipinski definition) is 0. The second kappa shape index (κ2) is 4.00. The highest BCUT2D eigenvalue weighted by Gasteiger charge is 2.10. The first kappa shape index (κ1) is 10.5. The Balaban J connectivity index is 2.33. The molecule has 1 heterocycles. The zero-order valence-electron chi connectivity index (χ0n) is 8.89. The third-order valence-corrected chi connectivity index (χ3v) is 3.58. The SMILES string of the molecule is O=CC(Br)c1ccc2oc3ccccc3c2c1. The number of fused-ring (bicyclic) bond motifs is 3. The van der Waals surface area contributed by atoms with Gasteiger partial charge >= 0.3 is 0 Å². The van der Waals surface area contributed by atoms with E-state index in [2.05, 4.69) is 15.9 Å². The van der Waals surface area contributed by atoms with E-state index in [1.807, 2.05) is 42.5 Å². The molecule has 0 amide bonds. The third kappa shape index (κ3) is 1.67. The standard InChI is InChI=1S/C14H9BrO2/c15-12(8-16)9-5-6-14-11(7-9)10-3-1-2-4-13(10)17-14/h1-8,12H. The first-order chi connectivity index (χ1) is 8.29. The number of furan rings is 1. The largest absolute Gasteiger partial charge is 0.456 e. The molecule has 1 atom stereocenters. The van der Waals surface area contributed by atoms with Gasteiger partial charge in [0, 0.05) is 10.8 Å². The fourth-order valence-corrected chi connectivity index (χ4v) is 2.28. The molecule has 0 radical (unpaired) electrons. The van der Waals surface area contributed by atoms with Crippen LogP contribution in [0.4, 0.5) is 0 Å². The Morgan fingerprint density at radius 2 is 1.82 bits per heavy atom. The summed E-state index contributed by atoms with van der Waals surface area (Å²) in [5.74, 6) is 0. The molecule has 3 heteroatoms. The van der Waals surface area contributed by atoms with Gasteiger partial charge in [-0.05, 0) is 23.8 Å². The van der Waals surface area contributed by atoms with Crippen LogP contribution in [0, 0.1) is 0 Å². The van der Waals surface area contributed by atoms with E-state index < -0.39 is 0 Å². The van der Waals surface area contributed by atoms with E-state index in [1.54, 1.807) is 0 Å². The van der Waals surface area contributed by atoms with Crippen molar-refractivity contribution >= 4 is 44.2 Å². The molecule has 0 saturated heterocycles. The molecule has 3 rings (SSSR count). The summed E-state index contributed by atoms with van der Waals surface area (Å²) in [7, 11) is 0. The van der Waals surface area contributed by atoms with E-state index >= 15 is 0 Å².